The Morgan fingerprint density at radius 3 is 2.65 bits per heavy atom. The van der Waals surface area contributed by atoms with Crippen LogP contribution in [0.5, 0.6) is 0 Å². The molecule has 0 bridgehead atoms. The fourth-order valence-electron chi connectivity index (χ4n) is 2.28. The van der Waals surface area contributed by atoms with E-state index in [1.54, 1.807) is 4.68 Å². The Hall–Kier alpha value is -1.75. The zero-order valence-electron chi connectivity index (χ0n) is 9.25. The van der Waals surface area contributed by atoms with Gasteiger partial charge in [0.2, 0.25) is 0 Å². The van der Waals surface area contributed by atoms with Gasteiger partial charge < -0.3 is 5.73 Å². The molecule has 1 aliphatic carbocycles. The van der Waals surface area contributed by atoms with Crippen LogP contribution in [-0.2, 0) is 5.67 Å². The highest BCUT2D eigenvalue weighted by molar-refractivity contribution is 5.33. The van der Waals surface area contributed by atoms with Gasteiger partial charge in [-0.25, -0.2) is 9.07 Å². The normalized spacial score (nSPS) is 27.8. The summed E-state index contributed by atoms with van der Waals surface area (Å²) in [5.41, 5.74) is 5.59. The first-order chi connectivity index (χ1) is 8.19. The summed E-state index contributed by atoms with van der Waals surface area (Å²) in [6, 6.07) is 9.38. The molecule has 88 valence electrons. The summed E-state index contributed by atoms with van der Waals surface area (Å²) in [6.45, 7) is 0. The number of aromatic nitrogens is 3. The molecule has 1 saturated carbocycles. The minimum atomic E-state index is -1.38. The van der Waals surface area contributed by atoms with Gasteiger partial charge in [-0.3, -0.25) is 0 Å². The maximum absolute atomic E-state index is 14.5. The molecule has 4 nitrogen and oxygen atoms in total. The number of rotatable bonds is 2. The van der Waals surface area contributed by atoms with E-state index in [1.807, 2.05) is 30.3 Å². The molecule has 5 heteroatoms. The lowest BCUT2D eigenvalue weighted by Gasteiger charge is -2.38. The predicted molar refractivity (Wildman–Crippen MR) is 61.4 cm³/mol. The van der Waals surface area contributed by atoms with E-state index in [1.165, 1.54) is 6.20 Å². The van der Waals surface area contributed by atoms with Crippen LogP contribution in [0.25, 0.3) is 5.69 Å². The summed E-state index contributed by atoms with van der Waals surface area (Å²) in [7, 11) is 0. The van der Waals surface area contributed by atoms with Crippen molar-refractivity contribution >= 4 is 0 Å². The number of benzene rings is 1. The van der Waals surface area contributed by atoms with Gasteiger partial charge in [0.15, 0.2) is 5.67 Å². The first-order valence-electron chi connectivity index (χ1n) is 5.60. The SMILES string of the molecule is NC1CC(F)(c2cnnn2-c2ccccc2)C1. The molecule has 1 aromatic heterocycles. The van der Waals surface area contributed by atoms with Gasteiger partial charge in [-0.15, -0.1) is 5.10 Å². The Balaban J connectivity index is 2.01. The van der Waals surface area contributed by atoms with E-state index in [0.717, 1.165) is 5.69 Å². The van der Waals surface area contributed by atoms with Gasteiger partial charge in [0.25, 0.3) is 0 Å². The van der Waals surface area contributed by atoms with Gasteiger partial charge in [0.05, 0.1) is 11.9 Å². The largest absolute Gasteiger partial charge is 0.327 e. The summed E-state index contributed by atoms with van der Waals surface area (Å²) in [5.74, 6) is 0. The van der Waals surface area contributed by atoms with E-state index in [2.05, 4.69) is 10.3 Å². The second-order valence-corrected chi connectivity index (χ2v) is 4.50. The average Bonchev–Trinajstić information content (AvgIpc) is 2.77. The van der Waals surface area contributed by atoms with Crippen LogP contribution in [0.1, 0.15) is 18.5 Å². The van der Waals surface area contributed by atoms with Crippen molar-refractivity contribution in [2.45, 2.75) is 24.6 Å². The first kappa shape index (κ1) is 10.4. The van der Waals surface area contributed by atoms with Crippen molar-refractivity contribution in [1.82, 2.24) is 15.0 Å². The molecule has 0 unspecified atom stereocenters. The van der Waals surface area contributed by atoms with Gasteiger partial charge in [-0.05, 0) is 12.1 Å². The summed E-state index contributed by atoms with van der Waals surface area (Å²) in [6.07, 6.45) is 2.17. The summed E-state index contributed by atoms with van der Waals surface area (Å²) >= 11 is 0. The van der Waals surface area contributed by atoms with Crippen molar-refractivity contribution in [1.29, 1.82) is 0 Å². The maximum Gasteiger partial charge on any atom is 0.157 e. The number of nitrogens with two attached hydrogens (primary N) is 1. The van der Waals surface area contributed by atoms with Gasteiger partial charge in [-0.2, -0.15) is 0 Å². The summed E-state index contributed by atoms with van der Waals surface area (Å²) < 4.78 is 16.0. The molecule has 2 aromatic rings. The maximum atomic E-state index is 14.5. The van der Waals surface area contributed by atoms with Crippen molar-refractivity contribution in [3.8, 4) is 5.69 Å². The minimum Gasteiger partial charge on any atom is -0.327 e. The standard InChI is InChI=1S/C12H13FN4/c13-12(6-9(14)7-12)11-8-15-16-17(11)10-4-2-1-3-5-10/h1-5,8-9H,6-7,14H2. The number of nitrogens with zero attached hydrogens (tertiary/aromatic N) is 3. The third-order valence-corrected chi connectivity index (χ3v) is 3.18. The topological polar surface area (TPSA) is 56.7 Å². The van der Waals surface area contributed by atoms with Crippen LogP contribution in [0.4, 0.5) is 4.39 Å². The molecule has 0 saturated heterocycles. The molecule has 1 heterocycles. The van der Waals surface area contributed by atoms with Gasteiger partial charge in [-0.1, -0.05) is 23.4 Å². The van der Waals surface area contributed by atoms with Crippen LogP contribution in [0, 0.1) is 0 Å². The van der Waals surface area contributed by atoms with Gasteiger partial charge in [0.1, 0.15) is 5.69 Å². The smallest absolute Gasteiger partial charge is 0.157 e. The number of para-hydroxylation sites is 1. The van der Waals surface area contributed by atoms with E-state index in [9.17, 15) is 4.39 Å². The van der Waals surface area contributed by atoms with Crippen molar-refractivity contribution < 1.29 is 4.39 Å². The lowest BCUT2D eigenvalue weighted by atomic mass is 9.76. The molecule has 1 aromatic carbocycles. The van der Waals surface area contributed by atoms with Crippen molar-refractivity contribution in [2.75, 3.05) is 0 Å². The highest BCUT2D eigenvalue weighted by atomic mass is 19.1. The third-order valence-electron chi connectivity index (χ3n) is 3.18. The Labute approximate surface area is 98.2 Å². The minimum absolute atomic E-state index is 0.0564. The van der Waals surface area contributed by atoms with Crippen LogP contribution in [0.3, 0.4) is 0 Å². The van der Waals surface area contributed by atoms with E-state index >= 15 is 0 Å². The second-order valence-electron chi connectivity index (χ2n) is 4.50. The lowest BCUT2D eigenvalue weighted by molar-refractivity contribution is 0.0335. The molecule has 0 aliphatic heterocycles. The van der Waals surface area contributed by atoms with Crippen LogP contribution in [0.2, 0.25) is 0 Å². The number of hydrogen-bond acceptors (Lipinski definition) is 3. The highest BCUT2D eigenvalue weighted by Crippen LogP contribution is 2.44. The van der Waals surface area contributed by atoms with Crippen LogP contribution >= 0.6 is 0 Å². The molecule has 3 rings (SSSR count). The van der Waals surface area contributed by atoms with Crippen molar-refractivity contribution in [2.24, 2.45) is 5.73 Å². The third kappa shape index (κ3) is 1.63. The second kappa shape index (κ2) is 3.63. The molecule has 0 radical (unpaired) electrons. The van der Waals surface area contributed by atoms with Crippen molar-refractivity contribution in [3.63, 3.8) is 0 Å². The fraction of sp³-hybridized carbons (Fsp3) is 0.333. The Kier molecular flexibility index (Phi) is 2.22. The predicted octanol–water partition coefficient (Wildman–Crippen LogP) is 1.55. The molecular weight excluding hydrogens is 219 g/mol. The highest BCUT2D eigenvalue weighted by Gasteiger charge is 2.47. The fourth-order valence-corrected chi connectivity index (χ4v) is 2.28. The van der Waals surface area contributed by atoms with Gasteiger partial charge >= 0.3 is 0 Å². The van der Waals surface area contributed by atoms with Crippen LogP contribution in [0.15, 0.2) is 36.5 Å². The molecule has 0 amide bonds. The van der Waals surface area contributed by atoms with E-state index in [4.69, 9.17) is 5.73 Å². The molecule has 1 aliphatic rings. The zero-order chi connectivity index (χ0) is 11.9. The monoisotopic (exact) mass is 232 g/mol. The van der Waals surface area contributed by atoms with E-state index in [-0.39, 0.29) is 6.04 Å². The van der Waals surface area contributed by atoms with E-state index < -0.39 is 5.67 Å². The summed E-state index contributed by atoms with van der Waals surface area (Å²) in [5, 5.41) is 7.75. The molecule has 0 atom stereocenters. The van der Waals surface area contributed by atoms with Crippen LogP contribution in [-0.4, -0.2) is 21.0 Å². The summed E-state index contributed by atoms with van der Waals surface area (Å²) in [4.78, 5) is 0. The van der Waals surface area contributed by atoms with E-state index in [0.29, 0.717) is 18.5 Å². The number of alkyl halides is 1. The van der Waals surface area contributed by atoms with Crippen LogP contribution < -0.4 is 5.73 Å². The zero-order valence-corrected chi connectivity index (χ0v) is 9.25. The number of halogens is 1. The molecule has 2 N–H and O–H groups in total. The average molecular weight is 232 g/mol. The lowest BCUT2D eigenvalue weighted by Crippen LogP contribution is -2.47. The molecule has 0 spiro atoms. The molecule has 1 fully saturated rings. The quantitative estimate of drug-likeness (QED) is 0.854. The Morgan fingerprint density at radius 2 is 2.00 bits per heavy atom. The Bertz CT molecular complexity index is 516. The molecular formula is C12H13FN4. The molecule has 17 heavy (non-hydrogen) atoms. The van der Waals surface area contributed by atoms with Crippen molar-refractivity contribution in [3.05, 3.63) is 42.2 Å². The first-order valence-corrected chi connectivity index (χ1v) is 5.60. The van der Waals surface area contributed by atoms with Gasteiger partial charge in [0, 0.05) is 18.9 Å². The Morgan fingerprint density at radius 1 is 1.29 bits per heavy atom. The number of hydrogen-bond donors (Lipinski definition) is 1.